The van der Waals surface area contributed by atoms with E-state index in [0.717, 1.165) is 12.8 Å². The van der Waals surface area contributed by atoms with Crippen LogP contribution in [-0.2, 0) is 4.79 Å². The molecule has 0 heterocycles. The molecule has 5 heteroatoms. The molecule has 1 rings (SSSR count). The van der Waals surface area contributed by atoms with E-state index in [0.29, 0.717) is 6.54 Å². The lowest BCUT2D eigenvalue weighted by atomic mass is 10.3. The van der Waals surface area contributed by atoms with Gasteiger partial charge in [-0.15, -0.1) is 6.58 Å². The van der Waals surface area contributed by atoms with Gasteiger partial charge in [0.2, 0.25) is 0 Å². The lowest BCUT2D eigenvalue weighted by Crippen LogP contribution is -2.49. The molecule has 0 atom stereocenters. The van der Waals surface area contributed by atoms with Crippen LogP contribution >= 0.6 is 0 Å². The molecular weight excluding hydrogens is 220 g/mol. The van der Waals surface area contributed by atoms with Gasteiger partial charge in [0, 0.05) is 18.6 Å². The van der Waals surface area contributed by atoms with Gasteiger partial charge in [0.05, 0.1) is 0 Å². The van der Waals surface area contributed by atoms with Crippen molar-refractivity contribution in [3.05, 3.63) is 12.7 Å². The summed E-state index contributed by atoms with van der Waals surface area (Å²) in [6.45, 7) is 7.49. The number of amides is 2. The minimum absolute atomic E-state index is 0.121. The first kappa shape index (κ1) is 13.5. The maximum Gasteiger partial charge on any atom is 0.323 e. The number of aliphatic carboxylic acids is 1. The molecule has 1 aliphatic rings. The molecule has 0 aromatic carbocycles. The van der Waals surface area contributed by atoms with Crippen LogP contribution in [0.2, 0.25) is 0 Å². The van der Waals surface area contributed by atoms with E-state index in [4.69, 9.17) is 5.11 Å². The van der Waals surface area contributed by atoms with E-state index in [1.54, 1.807) is 11.0 Å². The number of hydrogen-bond acceptors (Lipinski definition) is 2. The fraction of sp³-hybridized carbons (Fsp3) is 0.667. The number of carboxylic acids is 1. The summed E-state index contributed by atoms with van der Waals surface area (Å²) in [6.07, 6.45) is 3.67. The van der Waals surface area contributed by atoms with Gasteiger partial charge in [-0.2, -0.15) is 0 Å². The first-order chi connectivity index (χ1) is 7.97. The molecular formula is C12H20N2O3. The Kier molecular flexibility index (Phi) is 4.54. The molecule has 1 aliphatic carbocycles. The van der Waals surface area contributed by atoms with Crippen LogP contribution in [0.5, 0.6) is 0 Å². The van der Waals surface area contributed by atoms with Crippen LogP contribution in [-0.4, -0.2) is 52.1 Å². The number of carboxylic acid groups (broad SMARTS) is 1. The van der Waals surface area contributed by atoms with Gasteiger partial charge in [0.15, 0.2) is 0 Å². The highest BCUT2D eigenvalue weighted by Gasteiger charge is 2.35. The first-order valence-electron chi connectivity index (χ1n) is 5.87. The Morgan fingerprint density at radius 3 is 2.41 bits per heavy atom. The molecule has 0 aromatic heterocycles. The zero-order valence-electron chi connectivity index (χ0n) is 10.4. The maximum absolute atomic E-state index is 12.2. The van der Waals surface area contributed by atoms with Crippen LogP contribution < -0.4 is 0 Å². The van der Waals surface area contributed by atoms with Gasteiger partial charge in [-0.3, -0.25) is 4.79 Å². The third-order valence-electron chi connectivity index (χ3n) is 2.73. The van der Waals surface area contributed by atoms with Gasteiger partial charge in [-0.05, 0) is 26.7 Å². The van der Waals surface area contributed by atoms with Crippen molar-refractivity contribution in [2.75, 3.05) is 13.1 Å². The third kappa shape index (κ3) is 3.76. The van der Waals surface area contributed by atoms with E-state index in [9.17, 15) is 9.59 Å². The van der Waals surface area contributed by atoms with Crippen molar-refractivity contribution in [1.29, 1.82) is 0 Å². The van der Waals surface area contributed by atoms with Crippen molar-refractivity contribution in [1.82, 2.24) is 9.80 Å². The Balaban J connectivity index is 2.73. The Morgan fingerprint density at radius 1 is 1.47 bits per heavy atom. The highest BCUT2D eigenvalue weighted by molar-refractivity contribution is 5.81. The quantitative estimate of drug-likeness (QED) is 0.716. The molecule has 5 nitrogen and oxygen atoms in total. The number of carbonyl (C=O) groups excluding carboxylic acids is 1. The summed E-state index contributed by atoms with van der Waals surface area (Å²) in [5, 5.41) is 8.82. The molecule has 1 fully saturated rings. The molecule has 0 radical (unpaired) electrons. The van der Waals surface area contributed by atoms with Crippen LogP contribution in [0.3, 0.4) is 0 Å². The van der Waals surface area contributed by atoms with E-state index in [1.807, 2.05) is 13.8 Å². The van der Waals surface area contributed by atoms with Gasteiger partial charge in [-0.1, -0.05) is 6.08 Å². The Labute approximate surface area is 102 Å². The molecule has 0 aromatic rings. The highest BCUT2D eigenvalue weighted by atomic mass is 16.4. The van der Waals surface area contributed by atoms with Gasteiger partial charge < -0.3 is 14.9 Å². The smallest absolute Gasteiger partial charge is 0.323 e. The largest absolute Gasteiger partial charge is 0.480 e. The molecule has 1 saturated carbocycles. The second kappa shape index (κ2) is 5.70. The lowest BCUT2D eigenvalue weighted by molar-refractivity contribution is -0.138. The summed E-state index contributed by atoms with van der Waals surface area (Å²) < 4.78 is 0. The first-order valence-corrected chi connectivity index (χ1v) is 5.87. The second-order valence-electron chi connectivity index (χ2n) is 4.57. The summed E-state index contributed by atoms with van der Waals surface area (Å²) in [7, 11) is 0. The monoisotopic (exact) mass is 240 g/mol. The van der Waals surface area contributed by atoms with Crippen LogP contribution in [0.25, 0.3) is 0 Å². The Bertz CT molecular complexity index is 311. The van der Waals surface area contributed by atoms with Crippen LogP contribution in [0.4, 0.5) is 4.79 Å². The Hall–Kier alpha value is -1.52. The standard InChI is InChI=1S/C12H20N2O3/c1-4-7-13(10-5-6-10)12(17)14(9(2)3)8-11(15)16/h4,9-10H,1,5-8H2,2-3H3,(H,15,16). The van der Waals surface area contributed by atoms with Crippen molar-refractivity contribution in [2.45, 2.75) is 38.8 Å². The second-order valence-corrected chi connectivity index (χ2v) is 4.57. The minimum Gasteiger partial charge on any atom is -0.480 e. The minimum atomic E-state index is -0.985. The van der Waals surface area contributed by atoms with Crippen molar-refractivity contribution in [2.24, 2.45) is 0 Å². The number of carbonyl (C=O) groups is 2. The molecule has 0 aliphatic heterocycles. The zero-order chi connectivity index (χ0) is 13.0. The summed E-state index contributed by atoms with van der Waals surface area (Å²) in [5.41, 5.74) is 0. The van der Waals surface area contributed by atoms with E-state index < -0.39 is 5.97 Å². The van der Waals surface area contributed by atoms with Gasteiger partial charge in [-0.25, -0.2) is 4.79 Å². The van der Waals surface area contributed by atoms with E-state index in [2.05, 4.69) is 6.58 Å². The third-order valence-corrected chi connectivity index (χ3v) is 2.73. The summed E-state index contributed by atoms with van der Waals surface area (Å²) in [5.74, 6) is -0.985. The van der Waals surface area contributed by atoms with Crippen LogP contribution in [0.1, 0.15) is 26.7 Å². The summed E-state index contributed by atoms with van der Waals surface area (Å²) in [4.78, 5) is 26.1. The predicted octanol–water partition coefficient (Wildman–Crippen LogP) is 1.55. The molecule has 0 unspecified atom stereocenters. The average Bonchev–Trinajstić information content (AvgIpc) is 3.04. The topological polar surface area (TPSA) is 60.9 Å². The Morgan fingerprint density at radius 2 is 2.06 bits per heavy atom. The predicted molar refractivity (Wildman–Crippen MR) is 64.8 cm³/mol. The van der Waals surface area contributed by atoms with Gasteiger partial charge in [0.25, 0.3) is 0 Å². The number of rotatable bonds is 6. The van der Waals surface area contributed by atoms with Crippen molar-refractivity contribution < 1.29 is 14.7 Å². The molecule has 17 heavy (non-hydrogen) atoms. The molecule has 0 spiro atoms. The molecule has 0 bridgehead atoms. The molecule has 0 saturated heterocycles. The SMILES string of the molecule is C=CCN(C(=O)N(CC(=O)O)C(C)C)C1CC1. The fourth-order valence-electron chi connectivity index (χ4n) is 1.69. The number of urea groups is 1. The maximum atomic E-state index is 12.2. The van der Waals surface area contributed by atoms with Gasteiger partial charge in [0.1, 0.15) is 6.54 Å². The van der Waals surface area contributed by atoms with Crippen molar-refractivity contribution in [3.8, 4) is 0 Å². The lowest BCUT2D eigenvalue weighted by Gasteiger charge is -2.31. The molecule has 1 N–H and O–H groups in total. The average molecular weight is 240 g/mol. The summed E-state index contributed by atoms with van der Waals surface area (Å²) >= 11 is 0. The number of hydrogen-bond donors (Lipinski definition) is 1. The highest BCUT2D eigenvalue weighted by Crippen LogP contribution is 2.28. The summed E-state index contributed by atoms with van der Waals surface area (Å²) in [6, 6.07) is -0.0648. The van der Waals surface area contributed by atoms with Gasteiger partial charge >= 0.3 is 12.0 Å². The fourth-order valence-corrected chi connectivity index (χ4v) is 1.69. The van der Waals surface area contributed by atoms with Crippen molar-refractivity contribution >= 4 is 12.0 Å². The number of nitrogens with zero attached hydrogens (tertiary/aromatic N) is 2. The van der Waals surface area contributed by atoms with Crippen molar-refractivity contribution in [3.63, 3.8) is 0 Å². The zero-order valence-corrected chi connectivity index (χ0v) is 10.4. The van der Waals surface area contributed by atoms with E-state index >= 15 is 0 Å². The van der Waals surface area contributed by atoms with E-state index in [1.165, 1.54) is 4.90 Å². The molecule has 96 valence electrons. The molecule has 2 amide bonds. The van der Waals surface area contributed by atoms with E-state index in [-0.39, 0.29) is 24.7 Å². The normalized spacial score (nSPS) is 14.5. The van der Waals surface area contributed by atoms with Crippen LogP contribution in [0, 0.1) is 0 Å². The van der Waals surface area contributed by atoms with Crippen LogP contribution in [0.15, 0.2) is 12.7 Å².